The topological polar surface area (TPSA) is 125 Å². The zero-order chi connectivity index (χ0) is 36.3. The quantitative estimate of drug-likeness (QED) is 0.0441. The average Bonchev–Trinajstić information content (AvgIpc) is 3.20. The van der Waals surface area contributed by atoms with Gasteiger partial charge < -0.3 is 15.3 Å². The number of ketones is 3. The number of aliphatic hydroxyl groups excluding tert-OH is 3. The monoisotopic (exact) mass is 855 g/mol. The van der Waals surface area contributed by atoms with E-state index in [0.717, 1.165) is 0 Å². The van der Waals surface area contributed by atoms with E-state index in [1.807, 2.05) is 109 Å². The Morgan fingerprint density at radius 3 is 0.615 bits per heavy atom. The van der Waals surface area contributed by atoms with E-state index in [-0.39, 0.29) is 60.5 Å². The molecule has 6 aromatic rings. The fraction of sp³-hybridized carbons (Fsp3) is 0. The van der Waals surface area contributed by atoms with Crippen molar-refractivity contribution in [1.29, 1.82) is 0 Å². The molecule has 0 amide bonds. The van der Waals surface area contributed by atoms with Gasteiger partial charge in [0.25, 0.3) is 0 Å². The number of benzene rings is 6. The van der Waals surface area contributed by atoms with Crippen molar-refractivity contribution in [1.82, 2.24) is 0 Å². The van der Waals surface area contributed by atoms with Crippen molar-refractivity contribution in [3.63, 3.8) is 0 Å². The fourth-order valence-electron chi connectivity index (χ4n) is 4.54. The summed E-state index contributed by atoms with van der Waals surface area (Å²) in [5.74, 6) is 0.289. The van der Waals surface area contributed by atoms with Gasteiger partial charge in [-0.25, -0.2) is 0 Å². The van der Waals surface area contributed by atoms with Crippen LogP contribution >= 0.6 is 0 Å². The van der Waals surface area contributed by atoms with Gasteiger partial charge in [-0.2, -0.15) is 0 Å². The summed E-state index contributed by atoms with van der Waals surface area (Å²) in [6.45, 7) is 0. The molecule has 0 aliphatic heterocycles. The van der Waals surface area contributed by atoms with E-state index in [9.17, 15) is 29.7 Å². The molecule has 256 valence electrons. The van der Waals surface area contributed by atoms with E-state index in [1.165, 1.54) is 18.2 Å². The van der Waals surface area contributed by atoms with E-state index in [4.69, 9.17) is 0 Å². The summed E-state index contributed by atoms with van der Waals surface area (Å²) >= 11 is 0. The smallest absolute Gasteiger partial charge is 0.350 e. The van der Waals surface area contributed by atoms with Crippen LogP contribution < -0.4 is 0 Å². The molecule has 0 saturated heterocycles. The standard InChI is InChI=1S/3C15H12O2.Hf/c3*16-14(12-7-3-1-4-8-12)11-15(17)13-9-5-2-6-10-13;/h3*1-11,16H;/p+3/b3*14-11-;. The zero-order valence-corrected chi connectivity index (χ0v) is 31.8. The molecular weight excluding hydrogens is 815 g/mol. The van der Waals surface area contributed by atoms with Crippen LogP contribution in [-0.2, 0) is 25.8 Å². The molecule has 0 unspecified atom stereocenters. The van der Waals surface area contributed by atoms with Gasteiger partial charge in [0.15, 0.2) is 0 Å². The largest absolute Gasteiger partial charge is 0.507 e. The predicted molar refractivity (Wildman–Crippen MR) is 209 cm³/mol. The Kier molecular flexibility index (Phi) is 16.9. The van der Waals surface area contributed by atoms with Crippen molar-refractivity contribution in [3.8, 4) is 0 Å². The number of allylic oxidation sites excluding steroid dienone is 3. The normalized spacial score (nSPS) is 11.0. The van der Waals surface area contributed by atoms with E-state index >= 15 is 0 Å². The van der Waals surface area contributed by atoms with Crippen molar-refractivity contribution in [3.05, 3.63) is 234 Å². The molecule has 6 N–H and O–H groups in total. The molecule has 6 nitrogen and oxygen atoms in total. The van der Waals surface area contributed by atoms with Crippen LogP contribution in [0.1, 0.15) is 33.4 Å². The molecule has 7 heteroatoms. The number of hydrogen-bond acceptors (Lipinski definition) is 3. The molecule has 0 spiro atoms. The van der Waals surface area contributed by atoms with Crippen LogP contribution in [0.3, 0.4) is 0 Å². The van der Waals surface area contributed by atoms with Crippen LogP contribution in [0.4, 0.5) is 0 Å². The number of carbonyl (C=O) groups excluding carboxylic acids is 3. The third-order valence-corrected chi connectivity index (χ3v) is 7.24. The van der Waals surface area contributed by atoms with Gasteiger partial charge in [0.2, 0.25) is 0 Å². The van der Waals surface area contributed by atoms with Gasteiger partial charge in [-0.1, -0.05) is 146 Å². The van der Waals surface area contributed by atoms with Crippen LogP contribution in [0.5, 0.6) is 0 Å². The van der Waals surface area contributed by atoms with Crippen molar-refractivity contribution < 1.29 is 55.5 Å². The Balaban J connectivity index is 0.000000208. The summed E-state index contributed by atoms with van der Waals surface area (Å²) in [6, 6.07) is 54.6. The number of aliphatic hydroxyl groups is 3. The zero-order valence-electron chi connectivity index (χ0n) is 28.2. The maximum absolute atomic E-state index is 9.83. The molecule has 0 aromatic heterocycles. The predicted octanol–water partition coefficient (Wildman–Crippen LogP) is 9.53. The summed E-state index contributed by atoms with van der Waals surface area (Å²) in [4.78, 5) is 29.5. The Morgan fingerprint density at radius 1 is 0.288 bits per heavy atom. The fourth-order valence-corrected chi connectivity index (χ4v) is 4.54. The first-order chi connectivity index (χ1) is 24.8. The summed E-state index contributed by atoms with van der Waals surface area (Å²) in [5.41, 5.74) is 4.06. The van der Waals surface area contributed by atoms with E-state index < -0.39 is 0 Å². The summed E-state index contributed by atoms with van der Waals surface area (Å²) in [5, 5.41) is 29.5. The molecule has 0 heterocycles. The second-order valence-corrected chi connectivity index (χ2v) is 10.9. The molecule has 0 saturated carbocycles. The molecule has 0 aliphatic rings. The van der Waals surface area contributed by atoms with Gasteiger partial charge in [0.05, 0.1) is 34.9 Å². The summed E-state index contributed by atoms with van der Waals surface area (Å²) in [6.07, 6.45) is 4.06. The van der Waals surface area contributed by atoms with E-state index in [0.29, 0.717) is 33.4 Å². The van der Waals surface area contributed by atoms with Crippen molar-refractivity contribution >= 4 is 34.6 Å². The molecule has 6 aromatic carbocycles. The van der Waals surface area contributed by atoms with Gasteiger partial charge >= 0.3 is 17.3 Å². The second kappa shape index (κ2) is 21.8. The van der Waals surface area contributed by atoms with Crippen molar-refractivity contribution in [2.45, 2.75) is 0 Å². The van der Waals surface area contributed by atoms with Gasteiger partial charge in [0, 0.05) is 42.5 Å². The molecular formula is C45H39HfO6+3. The van der Waals surface area contributed by atoms with E-state index in [1.54, 1.807) is 72.8 Å². The second-order valence-electron chi connectivity index (χ2n) is 10.9. The average molecular weight is 854 g/mol. The molecule has 6 rings (SSSR count). The minimum atomic E-state index is 0. The first-order valence-electron chi connectivity index (χ1n) is 16.0. The summed E-state index contributed by atoms with van der Waals surface area (Å²) in [7, 11) is 0. The minimum absolute atomic E-state index is 0. The van der Waals surface area contributed by atoms with Gasteiger partial charge in [-0.05, 0) is 36.4 Å². The van der Waals surface area contributed by atoms with Crippen LogP contribution in [0.15, 0.2) is 200 Å². The van der Waals surface area contributed by atoms with Crippen LogP contribution in [0.25, 0.3) is 17.3 Å². The number of hydrogen-bond donors (Lipinski definition) is 3. The SMILES string of the molecule is O/C(=C\C(=[OH+])c1ccccc1)c1ccccc1.O/C(=C\C(=[OH+])c1ccccc1)c1ccccc1.O/C(=C\C(=[OH+])c1ccccc1)c1ccccc1.[Hf]. The van der Waals surface area contributed by atoms with Gasteiger partial charge in [-0.15, -0.1) is 0 Å². The van der Waals surface area contributed by atoms with E-state index in [2.05, 4.69) is 0 Å². The molecule has 0 fully saturated rings. The number of rotatable bonds is 9. The Morgan fingerprint density at radius 2 is 0.442 bits per heavy atom. The Bertz CT molecular complexity index is 1830. The van der Waals surface area contributed by atoms with Crippen LogP contribution in [0.2, 0.25) is 0 Å². The van der Waals surface area contributed by atoms with Crippen LogP contribution in [-0.4, -0.2) is 47.1 Å². The maximum Gasteiger partial charge on any atom is 0.350 e. The Labute approximate surface area is 322 Å². The third kappa shape index (κ3) is 13.3. The van der Waals surface area contributed by atoms with Crippen molar-refractivity contribution in [2.24, 2.45) is 0 Å². The van der Waals surface area contributed by atoms with Gasteiger partial charge in [-0.3, -0.25) is 14.4 Å². The van der Waals surface area contributed by atoms with Crippen molar-refractivity contribution in [2.75, 3.05) is 0 Å². The molecule has 0 aliphatic carbocycles. The van der Waals surface area contributed by atoms with Crippen LogP contribution in [0, 0.1) is 0 Å². The molecule has 52 heavy (non-hydrogen) atoms. The Hall–Kier alpha value is -6.18. The first-order valence-corrected chi connectivity index (χ1v) is 16.0. The third-order valence-electron chi connectivity index (χ3n) is 7.24. The van der Waals surface area contributed by atoms with Gasteiger partial charge in [0.1, 0.15) is 17.3 Å². The maximum atomic E-state index is 9.83. The first kappa shape index (κ1) is 40.3. The minimum Gasteiger partial charge on any atom is -0.507 e. The molecule has 0 radical (unpaired) electrons. The summed E-state index contributed by atoms with van der Waals surface area (Å²) < 4.78 is 0. The molecule has 0 atom stereocenters. The molecule has 0 bridgehead atoms.